The van der Waals surface area contributed by atoms with Crippen molar-refractivity contribution in [1.29, 1.82) is 0 Å². The van der Waals surface area contributed by atoms with Gasteiger partial charge in [-0.05, 0) is 49.4 Å². The minimum atomic E-state index is -0.117. The van der Waals surface area contributed by atoms with Crippen LogP contribution in [-0.4, -0.2) is 50.8 Å². The number of hydrogen-bond acceptors (Lipinski definition) is 3. The van der Waals surface area contributed by atoms with Crippen LogP contribution in [-0.2, 0) is 11.2 Å². The van der Waals surface area contributed by atoms with Gasteiger partial charge in [0, 0.05) is 38.6 Å². The first-order valence-corrected chi connectivity index (χ1v) is 10.1. The molecule has 0 aliphatic carbocycles. The van der Waals surface area contributed by atoms with Crippen LogP contribution in [0.2, 0.25) is 0 Å². The number of amides is 2. The number of piperidine rings is 1. The predicted octanol–water partition coefficient (Wildman–Crippen LogP) is 4.40. The molecule has 5 heteroatoms. The van der Waals surface area contributed by atoms with E-state index in [4.69, 9.17) is 4.74 Å². The number of ether oxygens (including phenoxy) is 1. The Kier molecular flexibility index (Phi) is 7.31. The SMILES string of the molecule is COCC(Cc1ccccc1)N(C)C(=O)Nc1cccc(N2CCCCC2)c1. The zero-order chi connectivity index (χ0) is 19.8. The van der Waals surface area contributed by atoms with Gasteiger partial charge in [-0.3, -0.25) is 0 Å². The maximum Gasteiger partial charge on any atom is 0.321 e. The van der Waals surface area contributed by atoms with Gasteiger partial charge in [0.25, 0.3) is 0 Å². The summed E-state index contributed by atoms with van der Waals surface area (Å²) in [5.41, 5.74) is 3.20. The largest absolute Gasteiger partial charge is 0.383 e. The number of likely N-dealkylation sites (N-methyl/N-ethyl adjacent to an activating group) is 1. The van der Waals surface area contributed by atoms with Gasteiger partial charge in [0.2, 0.25) is 0 Å². The van der Waals surface area contributed by atoms with Crippen molar-refractivity contribution in [3.8, 4) is 0 Å². The van der Waals surface area contributed by atoms with Gasteiger partial charge in [-0.15, -0.1) is 0 Å². The molecule has 0 saturated carbocycles. The first kappa shape index (κ1) is 20.2. The number of methoxy groups -OCH3 is 1. The Bertz CT molecular complexity index is 745. The molecule has 1 unspecified atom stereocenters. The second-order valence-electron chi connectivity index (χ2n) is 7.44. The highest BCUT2D eigenvalue weighted by molar-refractivity contribution is 5.90. The number of urea groups is 1. The van der Waals surface area contributed by atoms with E-state index < -0.39 is 0 Å². The highest BCUT2D eigenvalue weighted by atomic mass is 16.5. The van der Waals surface area contributed by atoms with Crippen LogP contribution < -0.4 is 10.2 Å². The van der Waals surface area contributed by atoms with Crippen molar-refractivity contribution in [3.63, 3.8) is 0 Å². The molecule has 28 heavy (non-hydrogen) atoms. The fraction of sp³-hybridized carbons (Fsp3) is 0.435. The summed E-state index contributed by atoms with van der Waals surface area (Å²) in [5.74, 6) is 0. The van der Waals surface area contributed by atoms with Crippen molar-refractivity contribution < 1.29 is 9.53 Å². The van der Waals surface area contributed by atoms with Crippen molar-refractivity contribution >= 4 is 17.4 Å². The Labute approximate surface area is 168 Å². The van der Waals surface area contributed by atoms with Crippen molar-refractivity contribution in [3.05, 3.63) is 60.2 Å². The average Bonchev–Trinajstić information content (AvgIpc) is 2.74. The fourth-order valence-electron chi connectivity index (χ4n) is 3.70. The van der Waals surface area contributed by atoms with E-state index in [1.807, 2.05) is 37.4 Å². The Hall–Kier alpha value is -2.53. The van der Waals surface area contributed by atoms with Crippen LogP contribution in [0.5, 0.6) is 0 Å². The predicted molar refractivity (Wildman–Crippen MR) is 115 cm³/mol. The summed E-state index contributed by atoms with van der Waals surface area (Å²) in [6.07, 6.45) is 4.53. The van der Waals surface area contributed by atoms with E-state index in [9.17, 15) is 4.79 Å². The molecule has 0 bridgehead atoms. The molecule has 2 aromatic carbocycles. The lowest BCUT2D eigenvalue weighted by Gasteiger charge is -2.30. The summed E-state index contributed by atoms with van der Waals surface area (Å²) in [6, 6.07) is 18.2. The zero-order valence-electron chi connectivity index (χ0n) is 16.9. The number of nitrogens with zero attached hydrogens (tertiary/aromatic N) is 2. The molecule has 1 N–H and O–H groups in total. The van der Waals surface area contributed by atoms with Crippen LogP contribution in [0.25, 0.3) is 0 Å². The highest BCUT2D eigenvalue weighted by Crippen LogP contribution is 2.23. The molecule has 3 rings (SSSR count). The smallest absolute Gasteiger partial charge is 0.321 e. The van der Waals surface area contributed by atoms with Crippen molar-refractivity contribution in [2.75, 3.05) is 44.1 Å². The van der Waals surface area contributed by atoms with Crippen LogP contribution in [0.3, 0.4) is 0 Å². The maximum absolute atomic E-state index is 12.9. The third kappa shape index (κ3) is 5.49. The lowest BCUT2D eigenvalue weighted by atomic mass is 10.1. The lowest BCUT2D eigenvalue weighted by Crippen LogP contribution is -2.43. The van der Waals surface area contributed by atoms with Gasteiger partial charge in [0.15, 0.2) is 0 Å². The van der Waals surface area contributed by atoms with Crippen molar-refractivity contribution in [2.45, 2.75) is 31.7 Å². The number of nitrogens with one attached hydrogen (secondary N) is 1. The summed E-state index contributed by atoms with van der Waals surface area (Å²) in [7, 11) is 3.50. The topological polar surface area (TPSA) is 44.8 Å². The molecule has 0 spiro atoms. The Morgan fingerprint density at radius 3 is 2.57 bits per heavy atom. The van der Waals surface area contributed by atoms with Gasteiger partial charge >= 0.3 is 6.03 Å². The van der Waals surface area contributed by atoms with E-state index >= 15 is 0 Å². The van der Waals surface area contributed by atoms with Gasteiger partial charge < -0.3 is 19.9 Å². The van der Waals surface area contributed by atoms with Crippen molar-refractivity contribution in [1.82, 2.24) is 4.90 Å². The normalized spacial score (nSPS) is 15.1. The molecule has 2 amide bonds. The van der Waals surface area contributed by atoms with Crippen molar-refractivity contribution in [2.24, 2.45) is 0 Å². The number of rotatable bonds is 7. The summed E-state index contributed by atoms with van der Waals surface area (Å²) >= 11 is 0. The Balaban J connectivity index is 1.64. The third-order valence-electron chi connectivity index (χ3n) is 5.36. The molecular weight excluding hydrogens is 350 g/mol. The van der Waals surface area contributed by atoms with Crippen LogP contribution in [0.4, 0.5) is 16.2 Å². The van der Waals surface area contributed by atoms with Crippen LogP contribution >= 0.6 is 0 Å². The summed E-state index contributed by atoms with van der Waals surface area (Å²) in [4.78, 5) is 17.0. The lowest BCUT2D eigenvalue weighted by molar-refractivity contribution is 0.120. The first-order valence-electron chi connectivity index (χ1n) is 10.1. The maximum atomic E-state index is 12.9. The number of benzene rings is 2. The van der Waals surface area contributed by atoms with Crippen LogP contribution in [0.15, 0.2) is 54.6 Å². The molecule has 0 aromatic heterocycles. The fourth-order valence-corrected chi connectivity index (χ4v) is 3.70. The standard InChI is InChI=1S/C23H31N3O2/c1-25(22(18-28-2)16-19-10-5-3-6-11-19)23(27)24-20-12-9-13-21(17-20)26-14-7-4-8-15-26/h3,5-6,9-13,17,22H,4,7-8,14-16,18H2,1-2H3,(H,24,27). The minimum absolute atomic E-state index is 0.0299. The zero-order valence-corrected chi connectivity index (χ0v) is 16.9. The minimum Gasteiger partial charge on any atom is -0.383 e. The molecule has 0 radical (unpaired) electrons. The van der Waals surface area contributed by atoms with Crippen LogP contribution in [0.1, 0.15) is 24.8 Å². The Morgan fingerprint density at radius 1 is 1.11 bits per heavy atom. The van der Waals surface area contributed by atoms with Crippen LogP contribution in [0, 0.1) is 0 Å². The average molecular weight is 382 g/mol. The molecule has 1 aliphatic heterocycles. The quantitative estimate of drug-likeness (QED) is 0.773. The van der Waals surface area contributed by atoms with E-state index in [0.717, 1.165) is 25.2 Å². The van der Waals surface area contributed by atoms with E-state index in [0.29, 0.717) is 6.61 Å². The molecule has 1 heterocycles. The van der Waals surface area contributed by atoms with E-state index in [-0.39, 0.29) is 12.1 Å². The van der Waals surface area contributed by atoms with E-state index in [1.54, 1.807) is 12.0 Å². The number of anilines is 2. The molecular formula is C23H31N3O2. The number of carbonyl (C=O) groups excluding carboxylic acids is 1. The van der Waals surface area contributed by atoms with Gasteiger partial charge in [-0.1, -0.05) is 36.4 Å². The molecule has 150 valence electrons. The van der Waals surface area contributed by atoms with Gasteiger partial charge in [0.05, 0.1) is 12.6 Å². The monoisotopic (exact) mass is 381 g/mol. The van der Waals surface area contributed by atoms with E-state index in [1.165, 1.54) is 30.5 Å². The number of hydrogen-bond donors (Lipinski definition) is 1. The highest BCUT2D eigenvalue weighted by Gasteiger charge is 2.21. The van der Waals surface area contributed by atoms with Gasteiger partial charge in [0.1, 0.15) is 0 Å². The summed E-state index contributed by atoms with van der Waals surface area (Å²) in [6.45, 7) is 2.67. The molecule has 5 nitrogen and oxygen atoms in total. The van der Waals surface area contributed by atoms with E-state index in [2.05, 4.69) is 34.5 Å². The second-order valence-corrected chi connectivity index (χ2v) is 7.44. The third-order valence-corrected chi connectivity index (χ3v) is 5.36. The first-order chi connectivity index (χ1) is 13.7. The van der Waals surface area contributed by atoms with Gasteiger partial charge in [-0.25, -0.2) is 4.79 Å². The summed E-state index contributed by atoms with van der Waals surface area (Å²) < 4.78 is 5.37. The number of carbonyl (C=O) groups is 1. The molecule has 2 aromatic rings. The molecule has 1 saturated heterocycles. The molecule has 1 fully saturated rings. The Morgan fingerprint density at radius 2 is 1.86 bits per heavy atom. The van der Waals surface area contributed by atoms with Gasteiger partial charge in [-0.2, -0.15) is 0 Å². The second kappa shape index (κ2) is 10.1. The molecule has 1 atom stereocenters. The molecule has 1 aliphatic rings. The summed E-state index contributed by atoms with van der Waals surface area (Å²) in [5, 5.41) is 3.05.